The van der Waals surface area contributed by atoms with E-state index in [2.05, 4.69) is 15.8 Å². The first-order valence-electron chi connectivity index (χ1n) is 6.21. The predicted octanol–water partition coefficient (Wildman–Crippen LogP) is 1.36. The molecular weight excluding hydrogens is 301 g/mol. The Hall–Kier alpha value is -1.46. The number of halogens is 2. The first kappa shape index (κ1) is 16.6. The molecule has 0 bridgehead atoms. The molecule has 110 valence electrons. The summed E-state index contributed by atoms with van der Waals surface area (Å²) in [5.41, 5.74) is 6.15. The van der Waals surface area contributed by atoms with Crippen molar-refractivity contribution < 1.29 is 14.5 Å². The summed E-state index contributed by atoms with van der Waals surface area (Å²) in [5, 5.41) is 1.02. The minimum atomic E-state index is -0.480. The Morgan fingerprint density at radius 3 is 2.70 bits per heavy atom. The van der Waals surface area contributed by atoms with Gasteiger partial charge in [0, 0.05) is 5.02 Å². The van der Waals surface area contributed by atoms with E-state index in [9.17, 15) is 4.79 Å². The number of hydrazine groups is 1. The summed E-state index contributed by atoms with van der Waals surface area (Å²) >= 11 is 11.9. The molecule has 0 spiro atoms. The Morgan fingerprint density at radius 2 is 2.10 bits per heavy atom. The van der Waals surface area contributed by atoms with Crippen molar-refractivity contribution >= 4 is 40.7 Å². The van der Waals surface area contributed by atoms with Gasteiger partial charge in [-0.25, -0.2) is 10.2 Å². The maximum atomic E-state index is 11.8. The zero-order chi connectivity index (χ0) is 15.1. The molecule has 0 radical (unpaired) electrons. The van der Waals surface area contributed by atoms with Crippen molar-refractivity contribution in [3.05, 3.63) is 28.2 Å². The van der Waals surface area contributed by atoms with E-state index in [1.807, 2.05) is 13.8 Å². The van der Waals surface area contributed by atoms with E-state index >= 15 is 0 Å². The topological polar surface area (TPSA) is 64.3 Å². The first-order valence-corrected chi connectivity index (χ1v) is 6.97. The average molecular weight is 319 g/mol. The Bertz CT molecular complexity index is 504. The smallest absolute Gasteiger partial charge is 0.423 e. The maximum Gasteiger partial charge on any atom is 0.423 e. The molecule has 3 N–H and O–H groups in total. The highest BCUT2D eigenvalue weighted by Crippen LogP contribution is 2.24. The van der Waals surface area contributed by atoms with E-state index in [4.69, 9.17) is 27.9 Å². The van der Waals surface area contributed by atoms with Gasteiger partial charge in [-0.15, -0.1) is 0 Å². The van der Waals surface area contributed by atoms with Gasteiger partial charge in [0.05, 0.1) is 23.4 Å². The molecule has 5 nitrogen and oxygen atoms in total. The summed E-state index contributed by atoms with van der Waals surface area (Å²) in [7, 11) is 0. The number of carbonyl (C=O) groups is 1. The third-order valence-corrected chi connectivity index (χ3v) is 2.73. The van der Waals surface area contributed by atoms with E-state index in [1.165, 1.54) is 0 Å². The summed E-state index contributed by atoms with van der Waals surface area (Å²) in [6.07, 6.45) is 0. The molecule has 0 heterocycles. The van der Waals surface area contributed by atoms with E-state index in [0.717, 1.165) is 0 Å². The van der Waals surface area contributed by atoms with Crippen LogP contribution in [0, 0.1) is 0 Å². The highest BCUT2D eigenvalue weighted by molar-refractivity contribution is 6.35. The van der Waals surface area contributed by atoms with Gasteiger partial charge in [-0.1, -0.05) is 23.2 Å². The van der Waals surface area contributed by atoms with Crippen LogP contribution < -0.4 is 15.8 Å². The normalized spacial score (nSPS) is 11.4. The molecule has 0 aliphatic heterocycles. The number of ether oxygens (including phenoxy) is 1. The second-order valence-electron chi connectivity index (χ2n) is 4.27. The van der Waals surface area contributed by atoms with E-state index < -0.39 is 5.97 Å². The number of carbonyl (C=O) groups excluding carboxylic acids is 1. The molecule has 1 aromatic carbocycles. The van der Waals surface area contributed by atoms with Gasteiger partial charge in [-0.05, 0) is 39.0 Å². The van der Waals surface area contributed by atoms with Crippen LogP contribution in [0.3, 0.4) is 0 Å². The van der Waals surface area contributed by atoms with Gasteiger partial charge >= 0.3 is 11.8 Å². The van der Waals surface area contributed by atoms with Gasteiger partial charge in [-0.3, -0.25) is 4.99 Å². The van der Waals surface area contributed by atoms with Crippen LogP contribution in [0.25, 0.3) is 0 Å². The lowest BCUT2D eigenvalue weighted by Crippen LogP contribution is -2.82. The molecule has 0 atom stereocenters. The van der Waals surface area contributed by atoms with Crippen molar-refractivity contribution in [3.8, 4) is 0 Å². The fraction of sp³-hybridized carbons (Fsp3) is 0.385. The second kappa shape index (κ2) is 7.97. The van der Waals surface area contributed by atoms with Crippen LogP contribution >= 0.6 is 23.2 Å². The quantitative estimate of drug-likeness (QED) is 0.339. The lowest BCUT2D eigenvalue weighted by molar-refractivity contribution is -0.494. The number of amidine groups is 1. The molecule has 1 rings (SSSR count). The van der Waals surface area contributed by atoms with Crippen LogP contribution in [0.4, 0.5) is 5.69 Å². The van der Waals surface area contributed by atoms with Crippen LogP contribution in [-0.4, -0.2) is 24.5 Å². The Balaban J connectivity index is 2.81. The van der Waals surface area contributed by atoms with Crippen LogP contribution in [-0.2, 0) is 9.53 Å². The molecule has 1 aromatic rings. The van der Waals surface area contributed by atoms with Gasteiger partial charge in [0.2, 0.25) is 0 Å². The van der Waals surface area contributed by atoms with Crippen molar-refractivity contribution in [3.63, 3.8) is 0 Å². The number of esters is 1. The molecule has 0 saturated carbocycles. The van der Waals surface area contributed by atoms with Crippen molar-refractivity contribution in [2.45, 2.75) is 26.8 Å². The molecule has 0 amide bonds. The zero-order valence-corrected chi connectivity index (χ0v) is 13.1. The molecule has 0 fully saturated rings. The van der Waals surface area contributed by atoms with Gasteiger partial charge in [-0.2, -0.15) is 5.43 Å². The molecule has 0 unspecified atom stereocenters. The lowest BCUT2D eigenvalue weighted by atomic mass is 10.3. The largest absolute Gasteiger partial charge is 0.457 e. The van der Waals surface area contributed by atoms with Crippen molar-refractivity contribution in [1.82, 2.24) is 5.43 Å². The monoisotopic (exact) mass is 318 g/mol. The number of anilines is 1. The van der Waals surface area contributed by atoms with Crippen molar-refractivity contribution in [2.75, 3.05) is 12.0 Å². The SMILES string of the molecule is CCOC(=O)C(NNc1cc(Cl)ccc1Cl)=[NH+]C(C)C. The molecule has 7 heteroatoms. The van der Waals surface area contributed by atoms with E-state index in [0.29, 0.717) is 22.3 Å². The van der Waals surface area contributed by atoms with Gasteiger partial charge < -0.3 is 4.74 Å². The number of nitrogens with one attached hydrogen (secondary N) is 3. The summed E-state index contributed by atoms with van der Waals surface area (Å²) in [5.74, 6) is -0.273. The fourth-order valence-corrected chi connectivity index (χ4v) is 1.70. The Labute approximate surface area is 128 Å². The van der Waals surface area contributed by atoms with Gasteiger partial charge in [0.15, 0.2) is 0 Å². The standard InChI is InChI=1S/C13H17Cl2N3O2/c1-4-20-13(19)12(16-8(2)3)18-17-11-7-9(14)5-6-10(11)15/h5-8,17H,4H2,1-3H3,(H,16,18)/p+1. The number of rotatable bonds is 4. The van der Waals surface area contributed by atoms with Crippen LogP contribution in [0.1, 0.15) is 20.8 Å². The molecule has 0 aliphatic rings. The van der Waals surface area contributed by atoms with Crippen molar-refractivity contribution in [2.24, 2.45) is 0 Å². The van der Waals surface area contributed by atoms with Crippen LogP contribution in [0.2, 0.25) is 10.0 Å². The molecule has 0 saturated heterocycles. The van der Waals surface area contributed by atoms with Gasteiger partial charge in [0.25, 0.3) is 0 Å². The van der Waals surface area contributed by atoms with Crippen molar-refractivity contribution in [1.29, 1.82) is 0 Å². The highest BCUT2D eigenvalue weighted by atomic mass is 35.5. The number of hydrogen-bond donors (Lipinski definition) is 3. The lowest BCUT2D eigenvalue weighted by Gasteiger charge is -2.08. The minimum absolute atomic E-state index is 0.0681. The molecule has 0 aliphatic carbocycles. The number of benzene rings is 1. The molecule has 0 aromatic heterocycles. The van der Waals surface area contributed by atoms with Crippen LogP contribution in [0.15, 0.2) is 18.2 Å². The molecular formula is C13H18Cl2N3O2+. The Morgan fingerprint density at radius 1 is 1.40 bits per heavy atom. The Kier molecular flexibility index (Phi) is 6.61. The average Bonchev–Trinajstić information content (AvgIpc) is 2.38. The fourth-order valence-electron chi connectivity index (χ4n) is 1.36. The summed E-state index contributed by atoms with van der Waals surface area (Å²) in [6.45, 7) is 5.86. The minimum Gasteiger partial charge on any atom is -0.457 e. The summed E-state index contributed by atoms with van der Waals surface area (Å²) in [6, 6.07) is 5.05. The predicted molar refractivity (Wildman–Crippen MR) is 81.0 cm³/mol. The number of hydrogen-bond acceptors (Lipinski definition) is 3. The molecule has 20 heavy (non-hydrogen) atoms. The summed E-state index contributed by atoms with van der Waals surface area (Å²) in [4.78, 5) is 14.7. The zero-order valence-electron chi connectivity index (χ0n) is 11.6. The maximum absolute atomic E-state index is 11.8. The first-order chi connectivity index (χ1) is 9.43. The third kappa shape index (κ3) is 5.27. The van der Waals surface area contributed by atoms with E-state index in [1.54, 1.807) is 25.1 Å². The van der Waals surface area contributed by atoms with E-state index in [-0.39, 0.29) is 11.9 Å². The second-order valence-corrected chi connectivity index (χ2v) is 5.11. The van der Waals surface area contributed by atoms with Crippen LogP contribution in [0.5, 0.6) is 0 Å². The highest BCUT2D eigenvalue weighted by Gasteiger charge is 2.20. The van der Waals surface area contributed by atoms with Gasteiger partial charge in [0.1, 0.15) is 0 Å². The third-order valence-electron chi connectivity index (χ3n) is 2.16. The summed E-state index contributed by atoms with van der Waals surface area (Å²) < 4.78 is 4.95.